The highest BCUT2D eigenvalue weighted by Gasteiger charge is 2.22. The summed E-state index contributed by atoms with van der Waals surface area (Å²) in [5, 5.41) is 0. The van der Waals surface area contributed by atoms with Gasteiger partial charge in [-0.1, -0.05) is 64.5 Å². The fraction of sp³-hybridized carbons (Fsp3) is 0.857. The Morgan fingerprint density at radius 2 is 1.14 bits per heavy atom. The lowest BCUT2D eigenvalue weighted by Crippen LogP contribution is -2.18. The van der Waals surface area contributed by atoms with E-state index in [4.69, 9.17) is 0 Å². The van der Waals surface area contributed by atoms with Crippen molar-refractivity contribution in [2.24, 2.45) is 11.8 Å². The summed E-state index contributed by atoms with van der Waals surface area (Å²) in [5.41, 5.74) is 0. The fourth-order valence-corrected chi connectivity index (χ4v) is 2.31. The van der Waals surface area contributed by atoms with E-state index in [0.717, 1.165) is 11.8 Å². The summed E-state index contributed by atoms with van der Waals surface area (Å²) in [6.45, 7) is 4.57. The first kappa shape index (κ1) is 11.8. The molecule has 0 heteroatoms. The van der Waals surface area contributed by atoms with Crippen LogP contribution >= 0.6 is 0 Å². The lowest BCUT2D eigenvalue weighted by molar-refractivity contribution is 0.354. The normalized spacial score (nSPS) is 25.0. The monoisotopic (exact) mass is 194 g/mol. The van der Waals surface area contributed by atoms with Crippen molar-refractivity contribution in [3.8, 4) is 0 Å². The Balaban J connectivity index is 2.01. The quantitative estimate of drug-likeness (QED) is 0.379. The molecule has 1 aliphatic rings. The van der Waals surface area contributed by atoms with Crippen molar-refractivity contribution in [3.05, 3.63) is 12.2 Å². The van der Waals surface area contributed by atoms with Gasteiger partial charge >= 0.3 is 0 Å². The zero-order chi connectivity index (χ0) is 10.2. The molecule has 0 nitrogen and oxygen atoms in total. The van der Waals surface area contributed by atoms with E-state index in [-0.39, 0.29) is 0 Å². The minimum Gasteiger partial charge on any atom is -0.0845 e. The van der Waals surface area contributed by atoms with E-state index in [1.807, 2.05) is 0 Å². The van der Waals surface area contributed by atoms with Crippen molar-refractivity contribution in [3.63, 3.8) is 0 Å². The summed E-state index contributed by atoms with van der Waals surface area (Å²) >= 11 is 0. The van der Waals surface area contributed by atoms with Gasteiger partial charge in [0, 0.05) is 0 Å². The third kappa shape index (κ3) is 3.86. The molecule has 0 radical (unpaired) electrons. The summed E-state index contributed by atoms with van der Waals surface area (Å²) in [6, 6.07) is 0. The molecule has 1 rings (SSSR count). The molecule has 0 bridgehead atoms. The second-order valence-corrected chi connectivity index (χ2v) is 4.70. The van der Waals surface area contributed by atoms with Gasteiger partial charge < -0.3 is 0 Å². The molecule has 0 fully saturated rings. The topological polar surface area (TPSA) is 0 Å². The highest BCUT2D eigenvalue weighted by molar-refractivity contribution is 5.08. The number of rotatable bonds is 8. The molecule has 0 aliphatic heterocycles. The molecule has 0 amide bonds. The lowest BCUT2D eigenvalue weighted by atomic mass is 9.76. The van der Waals surface area contributed by atoms with Gasteiger partial charge in [-0.25, -0.2) is 0 Å². The van der Waals surface area contributed by atoms with Crippen molar-refractivity contribution < 1.29 is 0 Å². The molecule has 0 aromatic rings. The van der Waals surface area contributed by atoms with Crippen LogP contribution in [0.25, 0.3) is 0 Å². The molecule has 2 unspecified atom stereocenters. The van der Waals surface area contributed by atoms with Crippen LogP contribution in [0.15, 0.2) is 12.2 Å². The largest absolute Gasteiger partial charge is 0.0845 e. The zero-order valence-electron chi connectivity index (χ0n) is 9.97. The van der Waals surface area contributed by atoms with Gasteiger partial charge in [0.15, 0.2) is 0 Å². The van der Waals surface area contributed by atoms with E-state index in [0.29, 0.717) is 0 Å². The van der Waals surface area contributed by atoms with Crippen LogP contribution in [0.2, 0.25) is 0 Å². The summed E-state index contributed by atoms with van der Waals surface area (Å²) in [5.74, 6) is 1.89. The molecule has 14 heavy (non-hydrogen) atoms. The van der Waals surface area contributed by atoms with E-state index in [9.17, 15) is 0 Å². The number of hydrogen-bond donors (Lipinski definition) is 0. The maximum absolute atomic E-state index is 2.44. The van der Waals surface area contributed by atoms with Crippen LogP contribution in [0.5, 0.6) is 0 Å². The van der Waals surface area contributed by atoms with Crippen LogP contribution in [0.3, 0.4) is 0 Å². The van der Waals surface area contributed by atoms with Gasteiger partial charge in [-0.2, -0.15) is 0 Å². The molecule has 0 heterocycles. The zero-order valence-corrected chi connectivity index (χ0v) is 9.97. The molecule has 0 saturated carbocycles. The maximum Gasteiger partial charge on any atom is -0.0170 e. The second-order valence-electron chi connectivity index (χ2n) is 4.70. The molecule has 2 atom stereocenters. The van der Waals surface area contributed by atoms with E-state index in [1.165, 1.54) is 51.4 Å². The van der Waals surface area contributed by atoms with E-state index < -0.39 is 0 Å². The Hall–Kier alpha value is -0.260. The minimum atomic E-state index is 0.943. The van der Waals surface area contributed by atoms with Crippen LogP contribution in [-0.4, -0.2) is 0 Å². The molecule has 1 aliphatic carbocycles. The smallest absolute Gasteiger partial charge is 0.0170 e. The van der Waals surface area contributed by atoms with Crippen molar-refractivity contribution in [1.29, 1.82) is 0 Å². The minimum absolute atomic E-state index is 0.943. The number of hydrogen-bond acceptors (Lipinski definition) is 0. The molecule has 0 aromatic heterocycles. The molecule has 82 valence electrons. The lowest BCUT2D eigenvalue weighted by Gasteiger charge is -2.29. The third-order valence-corrected chi connectivity index (χ3v) is 3.44. The molecule has 0 spiro atoms. The predicted octanol–water partition coefficient (Wildman–Crippen LogP) is 4.95. The van der Waals surface area contributed by atoms with Gasteiger partial charge in [0.2, 0.25) is 0 Å². The second kappa shape index (κ2) is 7.09. The Kier molecular flexibility index (Phi) is 5.98. The van der Waals surface area contributed by atoms with E-state index in [2.05, 4.69) is 26.0 Å². The van der Waals surface area contributed by atoms with Gasteiger partial charge in [-0.3, -0.25) is 0 Å². The Morgan fingerprint density at radius 3 is 1.43 bits per heavy atom. The first-order valence-electron chi connectivity index (χ1n) is 6.56. The fourth-order valence-electron chi connectivity index (χ4n) is 2.31. The SMILES string of the molecule is CCCCCC1C=CC1CCCCC. The molecule has 0 saturated heterocycles. The summed E-state index contributed by atoms with van der Waals surface area (Å²) in [7, 11) is 0. The van der Waals surface area contributed by atoms with Gasteiger partial charge in [-0.15, -0.1) is 0 Å². The maximum atomic E-state index is 2.44. The van der Waals surface area contributed by atoms with Crippen LogP contribution in [-0.2, 0) is 0 Å². The van der Waals surface area contributed by atoms with Gasteiger partial charge in [0.1, 0.15) is 0 Å². The summed E-state index contributed by atoms with van der Waals surface area (Å²) < 4.78 is 0. The summed E-state index contributed by atoms with van der Waals surface area (Å²) in [4.78, 5) is 0. The van der Waals surface area contributed by atoms with Crippen LogP contribution in [0.4, 0.5) is 0 Å². The number of allylic oxidation sites excluding steroid dienone is 2. The standard InChI is InChI=1S/C14H26/c1-3-5-7-9-13-11-12-14(13)10-8-6-4-2/h11-14H,3-10H2,1-2H3. The first-order chi connectivity index (χ1) is 6.88. The van der Waals surface area contributed by atoms with Crippen LogP contribution < -0.4 is 0 Å². The predicted molar refractivity (Wildman–Crippen MR) is 64.4 cm³/mol. The van der Waals surface area contributed by atoms with Gasteiger partial charge in [-0.05, 0) is 24.7 Å². The van der Waals surface area contributed by atoms with E-state index in [1.54, 1.807) is 0 Å². The summed E-state index contributed by atoms with van der Waals surface area (Å²) in [6.07, 6.45) is 16.2. The van der Waals surface area contributed by atoms with Crippen LogP contribution in [0.1, 0.15) is 65.2 Å². The molecule has 0 N–H and O–H groups in total. The average Bonchev–Trinajstić information content (AvgIpc) is 2.17. The first-order valence-corrected chi connectivity index (χ1v) is 6.56. The highest BCUT2D eigenvalue weighted by atomic mass is 14.3. The van der Waals surface area contributed by atoms with Crippen molar-refractivity contribution in [2.45, 2.75) is 65.2 Å². The highest BCUT2D eigenvalue weighted by Crippen LogP contribution is 2.34. The molecular formula is C14H26. The third-order valence-electron chi connectivity index (χ3n) is 3.44. The molecule has 0 aromatic carbocycles. The van der Waals surface area contributed by atoms with Crippen molar-refractivity contribution in [1.82, 2.24) is 0 Å². The van der Waals surface area contributed by atoms with E-state index >= 15 is 0 Å². The van der Waals surface area contributed by atoms with Crippen molar-refractivity contribution in [2.75, 3.05) is 0 Å². The van der Waals surface area contributed by atoms with Gasteiger partial charge in [0.05, 0.1) is 0 Å². The Morgan fingerprint density at radius 1 is 0.714 bits per heavy atom. The molecular weight excluding hydrogens is 168 g/mol. The Bertz CT molecular complexity index is 139. The van der Waals surface area contributed by atoms with Crippen LogP contribution in [0, 0.1) is 11.8 Å². The number of unbranched alkanes of at least 4 members (excludes halogenated alkanes) is 4. The van der Waals surface area contributed by atoms with Gasteiger partial charge in [0.25, 0.3) is 0 Å². The van der Waals surface area contributed by atoms with Crippen molar-refractivity contribution >= 4 is 0 Å². The average molecular weight is 194 g/mol. The Labute approximate surface area is 89.8 Å².